The standard InChI is InChI=1S/C17H17N3O2/c1-11-18-15-6-4-3-5-14(15)17(2,19-11)20-13-9-7-12(8-10-13)16(21)22/h3-10,20H,1-2H3,(H,18,19)(H,21,22). The number of rotatable bonds is 3. The van der Waals surface area contributed by atoms with Crippen molar-refractivity contribution in [2.75, 3.05) is 10.6 Å². The number of carbonyl (C=O) groups is 1. The number of carboxylic acids is 1. The Balaban J connectivity index is 1.95. The van der Waals surface area contributed by atoms with E-state index in [1.54, 1.807) is 24.3 Å². The van der Waals surface area contributed by atoms with Crippen molar-refractivity contribution >= 4 is 23.2 Å². The molecule has 2 aromatic carbocycles. The molecule has 1 heterocycles. The number of benzene rings is 2. The molecule has 1 unspecified atom stereocenters. The van der Waals surface area contributed by atoms with E-state index in [9.17, 15) is 4.79 Å². The van der Waals surface area contributed by atoms with Crippen LogP contribution in [0, 0.1) is 0 Å². The summed E-state index contributed by atoms with van der Waals surface area (Å²) < 4.78 is 0. The van der Waals surface area contributed by atoms with Crippen molar-refractivity contribution < 1.29 is 9.90 Å². The largest absolute Gasteiger partial charge is 0.478 e. The maximum Gasteiger partial charge on any atom is 0.335 e. The van der Waals surface area contributed by atoms with Gasteiger partial charge in [0.1, 0.15) is 5.84 Å². The fourth-order valence-electron chi connectivity index (χ4n) is 2.71. The molecule has 5 heteroatoms. The molecule has 112 valence electrons. The topological polar surface area (TPSA) is 73.7 Å². The van der Waals surface area contributed by atoms with Crippen LogP contribution in [0.3, 0.4) is 0 Å². The summed E-state index contributed by atoms with van der Waals surface area (Å²) >= 11 is 0. The Bertz CT molecular complexity index is 753. The number of aromatic carboxylic acids is 1. The van der Waals surface area contributed by atoms with Crippen molar-refractivity contribution in [1.29, 1.82) is 0 Å². The molecule has 5 nitrogen and oxygen atoms in total. The summed E-state index contributed by atoms with van der Waals surface area (Å²) in [6, 6.07) is 14.7. The average molecular weight is 295 g/mol. The van der Waals surface area contributed by atoms with Gasteiger partial charge in [0.05, 0.1) is 5.56 Å². The predicted octanol–water partition coefficient (Wildman–Crippen LogP) is 3.51. The minimum atomic E-state index is -0.932. The maximum atomic E-state index is 10.9. The molecule has 0 saturated heterocycles. The number of hydrogen-bond donors (Lipinski definition) is 3. The molecule has 2 aromatic rings. The van der Waals surface area contributed by atoms with Crippen LogP contribution in [0.25, 0.3) is 0 Å². The molecule has 1 atom stereocenters. The first-order chi connectivity index (χ1) is 10.5. The van der Waals surface area contributed by atoms with E-state index in [4.69, 9.17) is 5.11 Å². The van der Waals surface area contributed by atoms with Gasteiger partial charge in [-0.05, 0) is 44.2 Å². The maximum absolute atomic E-state index is 10.9. The molecule has 0 amide bonds. The van der Waals surface area contributed by atoms with Crippen LogP contribution >= 0.6 is 0 Å². The molecule has 22 heavy (non-hydrogen) atoms. The van der Waals surface area contributed by atoms with Gasteiger partial charge in [0, 0.05) is 16.9 Å². The highest BCUT2D eigenvalue weighted by molar-refractivity contribution is 5.97. The lowest BCUT2D eigenvalue weighted by molar-refractivity contribution is 0.0697. The second-order valence-electron chi connectivity index (χ2n) is 5.45. The molecular formula is C17H17N3O2. The van der Waals surface area contributed by atoms with Crippen LogP contribution in [0.2, 0.25) is 0 Å². The van der Waals surface area contributed by atoms with E-state index in [1.807, 2.05) is 38.1 Å². The van der Waals surface area contributed by atoms with Crippen molar-refractivity contribution in [2.45, 2.75) is 19.5 Å². The van der Waals surface area contributed by atoms with Gasteiger partial charge in [-0.1, -0.05) is 18.2 Å². The molecular weight excluding hydrogens is 278 g/mol. The molecule has 0 aromatic heterocycles. The van der Waals surface area contributed by atoms with Crippen molar-refractivity contribution in [2.24, 2.45) is 4.99 Å². The number of aliphatic imine (C=N–C) groups is 1. The fraction of sp³-hybridized carbons (Fsp3) is 0.176. The quantitative estimate of drug-likeness (QED) is 0.810. The second kappa shape index (κ2) is 5.18. The van der Waals surface area contributed by atoms with Crippen LogP contribution in [0.5, 0.6) is 0 Å². The molecule has 1 aliphatic heterocycles. The number of anilines is 2. The van der Waals surface area contributed by atoms with E-state index < -0.39 is 11.6 Å². The van der Waals surface area contributed by atoms with E-state index in [0.29, 0.717) is 0 Å². The number of fused-ring (bicyclic) bond motifs is 1. The van der Waals surface area contributed by atoms with Gasteiger partial charge in [0.25, 0.3) is 0 Å². The van der Waals surface area contributed by atoms with E-state index in [-0.39, 0.29) is 5.56 Å². The Kier molecular flexibility index (Phi) is 3.33. The SMILES string of the molecule is CC1=NC(C)(Nc2ccc(C(=O)O)cc2)c2ccccc2N1. The number of nitrogens with one attached hydrogen (secondary N) is 2. The average Bonchev–Trinajstić information content (AvgIpc) is 2.47. The molecule has 0 saturated carbocycles. The van der Waals surface area contributed by atoms with Gasteiger partial charge < -0.3 is 15.7 Å². The summed E-state index contributed by atoms with van der Waals surface area (Å²) in [6.45, 7) is 3.92. The smallest absolute Gasteiger partial charge is 0.335 e. The first-order valence-corrected chi connectivity index (χ1v) is 7.02. The van der Waals surface area contributed by atoms with Crippen LogP contribution < -0.4 is 10.6 Å². The van der Waals surface area contributed by atoms with Gasteiger partial charge in [0.2, 0.25) is 0 Å². The van der Waals surface area contributed by atoms with Gasteiger partial charge in [-0.15, -0.1) is 0 Å². The van der Waals surface area contributed by atoms with Crippen molar-refractivity contribution in [1.82, 2.24) is 0 Å². The Morgan fingerprint density at radius 2 is 1.86 bits per heavy atom. The zero-order valence-electron chi connectivity index (χ0n) is 12.4. The summed E-state index contributed by atoms with van der Waals surface area (Å²) in [7, 11) is 0. The van der Waals surface area contributed by atoms with Crippen LogP contribution in [-0.2, 0) is 5.66 Å². The van der Waals surface area contributed by atoms with E-state index in [0.717, 1.165) is 22.8 Å². The fourth-order valence-corrected chi connectivity index (χ4v) is 2.71. The van der Waals surface area contributed by atoms with Gasteiger partial charge in [-0.25, -0.2) is 9.79 Å². The number of carboxylic acid groups (broad SMARTS) is 1. The minimum Gasteiger partial charge on any atom is -0.478 e. The number of hydrogen-bond acceptors (Lipinski definition) is 4. The van der Waals surface area contributed by atoms with Gasteiger partial charge in [0.15, 0.2) is 5.66 Å². The third-order valence-electron chi connectivity index (χ3n) is 3.68. The Hall–Kier alpha value is -2.82. The molecule has 0 spiro atoms. The zero-order valence-corrected chi connectivity index (χ0v) is 12.4. The summed E-state index contributed by atoms with van der Waals surface area (Å²) in [4.78, 5) is 15.6. The van der Waals surface area contributed by atoms with Crippen LogP contribution in [0.15, 0.2) is 53.5 Å². The van der Waals surface area contributed by atoms with Gasteiger partial charge >= 0.3 is 5.97 Å². The Morgan fingerprint density at radius 1 is 1.18 bits per heavy atom. The number of para-hydroxylation sites is 1. The highest BCUT2D eigenvalue weighted by Gasteiger charge is 2.31. The first kappa shape index (κ1) is 14.1. The van der Waals surface area contributed by atoms with Crippen LogP contribution in [0.1, 0.15) is 29.8 Å². The number of nitrogens with zero attached hydrogens (tertiary/aromatic N) is 1. The van der Waals surface area contributed by atoms with Gasteiger partial charge in [-0.2, -0.15) is 0 Å². The molecule has 0 aliphatic carbocycles. The predicted molar refractivity (Wildman–Crippen MR) is 87.5 cm³/mol. The van der Waals surface area contributed by atoms with E-state index >= 15 is 0 Å². The Labute approximate surface area is 128 Å². The third kappa shape index (κ3) is 2.53. The second-order valence-corrected chi connectivity index (χ2v) is 5.45. The number of amidine groups is 1. The zero-order chi connectivity index (χ0) is 15.7. The lowest BCUT2D eigenvalue weighted by atomic mass is 9.97. The summed E-state index contributed by atoms with van der Waals surface area (Å²) in [5.74, 6) is -0.102. The molecule has 0 bridgehead atoms. The lowest BCUT2D eigenvalue weighted by Crippen LogP contribution is -2.36. The van der Waals surface area contributed by atoms with Gasteiger partial charge in [-0.3, -0.25) is 0 Å². The van der Waals surface area contributed by atoms with Crippen LogP contribution in [-0.4, -0.2) is 16.9 Å². The molecule has 3 N–H and O–H groups in total. The summed E-state index contributed by atoms with van der Waals surface area (Å²) in [5, 5.41) is 15.6. The highest BCUT2D eigenvalue weighted by atomic mass is 16.4. The Morgan fingerprint density at radius 3 is 2.55 bits per heavy atom. The minimum absolute atomic E-state index is 0.265. The van der Waals surface area contributed by atoms with Crippen molar-refractivity contribution in [3.8, 4) is 0 Å². The van der Waals surface area contributed by atoms with Crippen LogP contribution in [0.4, 0.5) is 11.4 Å². The van der Waals surface area contributed by atoms with Crippen molar-refractivity contribution in [3.05, 3.63) is 59.7 Å². The molecule has 0 radical (unpaired) electrons. The first-order valence-electron chi connectivity index (χ1n) is 7.02. The third-order valence-corrected chi connectivity index (χ3v) is 3.68. The molecule has 0 fully saturated rings. The molecule has 1 aliphatic rings. The monoisotopic (exact) mass is 295 g/mol. The van der Waals surface area contributed by atoms with Crippen molar-refractivity contribution in [3.63, 3.8) is 0 Å². The normalized spacial score (nSPS) is 19.6. The van der Waals surface area contributed by atoms with E-state index in [1.165, 1.54) is 0 Å². The van der Waals surface area contributed by atoms with E-state index in [2.05, 4.69) is 15.6 Å². The lowest BCUT2D eigenvalue weighted by Gasteiger charge is -2.34. The highest BCUT2D eigenvalue weighted by Crippen LogP contribution is 2.35. The molecule has 3 rings (SSSR count). The summed E-state index contributed by atoms with van der Waals surface area (Å²) in [6.07, 6.45) is 0. The summed E-state index contributed by atoms with van der Waals surface area (Å²) in [5.41, 5.74) is 2.55.